The van der Waals surface area contributed by atoms with E-state index in [9.17, 15) is 9.59 Å². The number of imidazole rings is 1. The summed E-state index contributed by atoms with van der Waals surface area (Å²) >= 11 is 6.46. The monoisotopic (exact) mass is 529 g/mol. The van der Waals surface area contributed by atoms with Crippen molar-refractivity contribution >= 4 is 46.2 Å². The van der Waals surface area contributed by atoms with Gasteiger partial charge in [0.25, 0.3) is 0 Å². The Kier molecular flexibility index (Phi) is 6.53. The van der Waals surface area contributed by atoms with Crippen molar-refractivity contribution in [3.05, 3.63) is 39.9 Å². The number of anilines is 3. The van der Waals surface area contributed by atoms with Gasteiger partial charge in [-0.25, -0.2) is 14.6 Å². The number of aryl methyl sites for hydroxylation is 1. The van der Waals surface area contributed by atoms with E-state index in [0.29, 0.717) is 48.5 Å². The molecule has 11 nitrogen and oxygen atoms in total. The molecule has 1 N–H and O–H groups in total. The maximum absolute atomic E-state index is 13.2. The molecule has 3 atom stereocenters. The molecule has 0 saturated carbocycles. The zero-order valence-corrected chi connectivity index (χ0v) is 22.4. The van der Waals surface area contributed by atoms with E-state index in [0.717, 1.165) is 11.0 Å². The number of nitrogens with one attached hydrogen (secondary N) is 1. The number of benzene rings is 1. The quantitative estimate of drug-likeness (QED) is 0.518. The molecule has 0 bridgehead atoms. The van der Waals surface area contributed by atoms with Gasteiger partial charge in [-0.1, -0.05) is 18.5 Å². The van der Waals surface area contributed by atoms with Crippen molar-refractivity contribution in [3.8, 4) is 0 Å². The second-order valence-corrected chi connectivity index (χ2v) is 10.5. The van der Waals surface area contributed by atoms with Crippen LogP contribution < -0.4 is 15.9 Å². The summed E-state index contributed by atoms with van der Waals surface area (Å²) in [5, 5.41) is 3.68. The lowest BCUT2D eigenvalue weighted by Gasteiger charge is -2.35. The van der Waals surface area contributed by atoms with Crippen LogP contribution in [0.25, 0.3) is 11.0 Å². The molecule has 2 aromatic heterocycles. The molecule has 2 aliphatic heterocycles. The molecule has 3 aromatic rings. The Bertz CT molecular complexity index is 1400. The molecule has 5 rings (SSSR count). The van der Waals surface area contributed by atoms with Crippen molar-refractivity contribution in [3.63, 3.8) is 0 Å². The molecule has 1 amide bonds. The maximum atomic E-state index is 13.2. The zero-order valence-electron chi connectivity index (χ0n) is 21.7. The lowest BCUT2D eigenvalue weighted by atomic mass is 10.0. The summed E-state index contributed by atoms with van der Waals surface area (Å²) < 4.78 is 14.8. The van der Waals surface area contributed by atoms with Gasteiger partial charge in [-0.3, -0.25) is 9.13 Å². The molecule has 2 aliphatic rings. The van der Waals surface area contributed by atoms with Crippen LogP contribution in [0.3, 0.4) is 0 Å². The van der Waals surface area contributed by atoms with Crippen LogP contribution in [0.5, 0.6) is 0 Å². The van der Waals surface area contributed by atoms with Gasteiger partial charge < -0.3 is 24.6 Å². The van der Waals surface area contributed by atoms with Gasteiger partial charge in [0.1, 0.15) is 10.6 Å². The van der Waals surface area contributed by atoms with Gasteiger partial charge in [-0.2, -0.15) is 4.98 Å². The number of amides is 1. The van der Waals surface area contributed by atoms with Crippen molar-refractivity contribution in [1.82, 2.24) is 24.0 Å². The molecule has 198 valence electrons. The van der Waals surface area contributed by atoms with Crippen LogP contribution in [0.2, 0.25) is 5.02 Å². The molecule has 0 aliphatic carbocycles. The molecule has 12 heteroatoms. The first kappa shape index (κ1) is 25.3. The Hall–Kier alpha value is -3.31. The number of nitrogens with zero attached hydrogens (tertiary/aromatic N) is 6. The highest BCUT2D eigenvalue weighted by Gasteiger charge is 2.43. The predicted molar refractivity (Wildman–Crippen MR) is 142 cm³/mol. The topological polar surface area (TPSA) is 107 Å². The minimum Gasteiger partial charge on any atom is -0.439 e. The summed E-state index contributed by atoms with van der Waals surface area (Å²) in [6, 6.07) is 5.64. The number of aromatic nitrogens is 4. The maximum Gasteiger partial charge on any atom is 0.410 e. The Morgan fingerprint density at radius 3 is 2.54 bits per heavy atom. The third-order valence-electron chi connectivity index (χ3n) is 7.07. The van der Waals surface area contributed by atoms with Gasteiger partial charge in [0.05, 0.1) is 42.5 Å². The highest BCUT2D eigenvalue weighted by Crippen LogP contribution is 2.31. The Balaban J connectivity index is 1.47. The number of carbonyl (C=O) groups excluding carboxylic acids is 1. The van der Waals surface area contributed by atoms with Crippen molar-refractivity contribution in [2.75, 3.05) is 36.9 Å². The van der Waals surface area contributed by atoms with E-state index in [1.807, 2.05) is 39.0 Å². The van der Waals surface area contributed by atoms with E-state index in [1.54, 1.807) is 29.4 Å². The third kappa shape index (κ3) is 4.73. The average molecular weight is 530 g/mol. The van der Waals surface area contributed by atoms with E-state index >= 15 is 0 Å². The van der Waals surface area contributed by atoms with Crippen LogP contribution >= 0.6 is 11.6 Å². The minimum atomic E-state index is -0.773. The fourth-order valence-corrected chi connectivity index (χ4v) is 5.31. The van der Waals surface area contributed by atoms with Gasteiger partial charge >= 0.3 is 11.8 Å². The first-order valence-electron chi connectivity index (χ1n) is 12.4. The highest BCUT2D eigenvalue weighted by molar-refractivity contribution is 6.32. The third-order valence-corrected chi connectivity index (χ3v) is 7.35. The number of halogens is 1. The lowest BCUT2D eigenvalue weighted by Crippen LogP contribution is -2.46. The van der Waals surface area contributed by atoms with Gasteiger partial charge in [0.2, 0.25) is 5.95 Å². The van der Waals surface area contributed by atoms with Crippen LogP contribution in [-0.4, -0.2) is 74.6 Å². The zero-order chi connectivity index (χ0) is 26.5. The highest BCUT2D eigenvalue weighted by atomic mass is 35.5. The minimum absolute atomic E-state index is 0.0713. The number of hydrogen-bond acceptors (Lipinski definition) is 8. The first-order valence-corrected chi connectivity index (χ1v) is 12.8. The molecule has 0 spiro atoms. The number of hydrogen-bond donors (Lipinski definition) is 1. The first-order chi connectivity index (χ1) is 17.6. The number of morpholine rings is 1. The smallest absolute Gasteiger partial charge is 0.410 e. The van der Waals surface area contributed by atoms with E-state index in [4.69, 9.17) is 21.1 Å². The Morgan fingerprint density at radius 2 is 1.89 bits per heavy atom. The number of cyclic esters (lactones) is 1. The summed E-state index contributed by atoms with van der Waals surface area (Å²) in [6.07, 6.45) is 1.94. The van der Waals surface area contributed by atoms with E-state index in [1.165, 1.54) is 4.90 Å². The van der Waals surface area contributed by atoms with Crippen molar-refractivity contribution in [1.29, 1.82) is 0 Å². The van der Waals surface area contributed by atoms with Gasteiger partial charge in [0.15, 0.2) is 5.82 Å². The number of rotatable bonds is 6. The average Bonchev–Trinajstić information content (AvgIpc) is 3.27. The summed E-state index contributed by atoms with van der Waals surface area (Å²) in [5.41, 5.74) is 1.25. The summed E-state index contributed by atoms with van der Waals surface area (Å²) in [6.45, 7) is 8.06. The normalized spacial score (nSPS) is 24.1. The van der Waals surface area contributed by atoms with Crippen LogP contribution in [0.1, 0.15) is 27.2 Å². The second kappa shape index (κ2) is 9.53. The predicted octanol–water partition coefficient (Wildman–Crippen LogP) is 3.37. The van der Waals surface area contributed by atoms with E-state index in [-0.39, 0.29) is 30.5 Å². The SMILES string of the molecule is CCC1(Cn2c(=O)n(C)c3ccc(Nc4nc(N5CC(C)O[C@@H](C)C5)ncc4Cl)cc32)CN(C)C(=O)O1. The number of fused-ring (bicyclic) bond motifs is 1. The summed E-state index contributed by atoms with van der Waals surface area (Å²) in [5.74, 6) is 1.04. The number of carbonyl (C=O) groups is 1. The van der Waals surface area contributed by atoms with Gasteiger partial charge in [-0.05, 0) is 38.5 Å². The number of likely N-dealkylation sites (N-methyl/N-ethyl adjacent to an activating group) is 1. The molecule has 37 heavy (non-hydrogen) atoms. The molecular formula is C25H32ClN7O4. The van der Waals surface area contributed by atoms with Crippen molar-refractivity contribution in [2.45, 2.75) is 51.5 Å². The van der Waals surface area contributed by atoms with Crippen LogP contribution in [-0.2, 0) is 23.1 Å². The van der Waals surface area contributed by atoms with Crippen molar-refractivity contribution in [2.24, 2.45) is 7.05 Å². The fraction of sp³-hybridized carbons (Fsp3) is 0.520. The van der Waals surface area contributed by atoms with Gasteiger partial charge in [-0.15, -0.1) is 0 Å². The van der Waals surface area contributed by atoms with Gasteiger partial charge in [0, 0.05) is 32.9 Å². The Morgan fingerprint density at radius 1 is 1.16 bits per heavy atom. The molecule has 2 unspecified atom stereocenters. The van der Waals surface area contributed by atoms with Crippen LogP contribution in [0, 0.1) is 0 Å². The molecular weight excluding hydrogens is 498 g/mol. The molecule has 1 aromatic carbocycles. The molecule has 0 radical (unpaired) electrons. The summed E-state index contributed by atoms with van der Waals surface area (Å²) in [7, 11) is 3.43. The fourth-order valence-electron chi connectivity index (χ4n) is 5.18. The molecule has 4 heterocycles. The largest absolute Gasteiger partial charge is 0.439 e. The second-order valence-electron chi connectivity index (χ2n) is 10.0. The molecule has 2 saturated heterocycles. The Labute approximate surface area is 219 Å². The standard InChI is InChI=1S/C25H32ClN7O4/c1-6-25(13-30(4)24(35)37-25)14-33-20-9-17(7-8-19(20)31(5)23(33)34)28-21-18(26)10-27-22(29-21)32-11-15(2)36-16(3)12-32/h7-10,15-16H,6,11-14H2,1-5H3,(H,27,28,29)/t15-,16?,25?/m0/s1. The van der Waals surface area contributed by atoms with Crippen molar-refractivity contribution < 1.29 is 14.3 Å². The van der Waals surface area contributed by atoms with E-state index < -0.39 is 5.60 Å². The summed E-state index contributed by atoms with van der Waals surface area (Å²) in [4.78, 5) is 38.1. The van der Waals surface area contributed by atoms with E-state index in [2.05, 4.69) is 20.2 Å². The lowest BCUT2D eigenvalue weighted by molar-refractivity contribution is -0.00571. The number of ether oxygens (including phenoxy) is 2. The molecule has 2 fully saturated rings. The van der Waals surface area contributed by atoms with Crippen LogP contribution in [0.15, 0.2) is 29.2 Å². The van der Waals surface area contributed by atoms with Crippen LogP contribution in [0.4, 0.5) is 22.2 Å².